The fraction of sp³-hybridized carbons (Fsp3) is 0.389. The Morgan fingerprint density at radius 1 is 1.21 bits per heavy atom. The molecular formula is C18H22N2O4. The number of aryl methyl sites for hydroxylation is 1. The number of rotatable bonds is 8. The van der Waals surface area contributed by atoms with E-state index in [2.05, 4.69) is 9.72 Å². The van der Waals surface area contributed by atoms with Gasteiger partial charge in [0.15, 0.2) is 11.7 Å². The van der Waals surface area contributed by atoms with Crippen LogP contribution in [0.1, 0.15) is 25.2 Å². The molecule has 1 heterocycles. The fourth-order valence-corrected chi connectivity index (χ4v) is 2.25. The van der Waals surface area contributed by atoms with Crippen LogP contribution in [-0.4, -0.2) is 42.5 Å². The van der Waals surface area contributed by atoms with Crippen LogP contribution in [0.5, 0.6) is 0 Å². The Morgan fingerprint density at radius 3 is 2.67 bits per heavy atom. The number of ether oxygens (including phenoxy) is 1. The van der Waals surface area contributed by atoms with Crippen molar-refractivity contribution in [2.24, 2.45) is 0 Å². The van der Waals surface area contributed by atoms with Gasteiger partial charge >= 0.3 is 5.97 Å². The minimum Gasteiger partial charge on any atom is -0.469 e. The molecule has 1 amide bonds. The maximum atomic E-state index is 12.1. The first-order valence-electron chi connectivity index (χ1n) is 7.91. The molecule has 0 fully saturated rings. The fourth-order valence-electron chi connectivity index (χ4n) is 2.25. The predicted molar refractivity (Wildman–Crippen MR) is 89.1 cm³/mol. The molecule has 24 heavy (non-hydrogen) atoms. The Labute approximate surface area is 141 Å². The molecule has 0 spiro atoms. The van der Waals surface area contributed by atoms with Gasteiger partial charge in [0, 0.05) is 38.4 Å². The first kappa shape index (κ1) is 17.7. The normalized spacial score (nSPS) is 10.4. The third kappa shape index (κ3) is 5.22. The monoisotopic (exact) mass is 330 g/mol. The third-order valence-corrected chi connectivity index (χ3v) is 3.69. The van der Waals surface area contributed by atoms with Gasteiger partial charge in [0.05, 0.1) is 13.3 Å². The van der Waals surface area contributed by atoms with E-state index < -0.39 is 0 Å². The lowest BCUT2D eigenvalue weighted by Crippen LogP contribution is -2.28. The molecule has 0 aliphatic rings. The van der Waals surface area contributed by atoms with Gasteiger partial charge in [-0.05, 0) is 6.42 Å². The van der Waals surface area contributed by atoms with E-state index in [9.17, 15) is 9.59 Å². The summed E-state index contributed by atoms with van der Waals surface area (Å²) < 4.78 is 10.3. The molecule has 2 rings (SSSR count). The van der Waals surface area contributed by atoms with E-state index in [0.717, 1.165) is 5.56 Å². The van der Waals surface area contributed by atoms with Crippen molar-refractivity contribution in [1.82, 2.24) is 9.88 Å². The van der Waals surface area contributed by atoms with Gasteiger partial charge in [-0.15, -0.1) is 0 Å². The van der Waals surface area contributed by atoms with Crippen LogP contribution in [0, 0.1) is 0 Å². The average Bonchev–Trinajstić information content (AvgIpc) is 3.09. The van der Waals surface area contributed by atoms with Crippen molar-refractivity contribution < 1.29 is 18.7 Å². The van der Waals surface area contributed by atoms with E-state index >= 15 is 0 Å². The van der Waals surface area contributed by atoms with Crippen LogP contribution in [0.15, 0.2) is 40.9 Å². The van der Waals surface area contributed by atoms with Crippen molar-refractivity contribution in [3.63, 3.8) is 0 Å². The molecule has 6 heteroatoms. The molecule has 0 unspecified atom stereocenters. The van der Waals surface area contributed by atoms with Crippen molar-refractivity contribution in [3.05, 3.63) is 42.4 Å². The van der Waals surface area contributed by atoms with Gasteiger partial charge in [0.25, 0.3) is 0 Å². The van der Waals surface area contributed by atoms with E-state index in [0.29, 0.717) is 43.9 Å². The molecule has 0 aliphatic heterocycles. The maximum Gasteiger partial charge on any atom is 0.305 e. The van der Waals surface area contributed by atoms with Crippen LogP contribution in [0.3, 0.4) is 0 Å². The van der Waals surface area contributed by atoms with E-state index in [1.807, 2.05) is 30.3 Å². The maximum absolute atomic E-state index is 12.1. The van der Waals surface area contributed by atoms with Crippen molar-refractivity contribution >= 4 is 11.9 Å². The molecular weight excluding hydrogens is 308 g/mol. The van der Waals surface area contributed by atoms with Crippen LogP contribution >= 0.6 is 0 Å². The lowest BCUT2D eigenvalue weighted by molar-refractivity contribution is -0.141. The number of hydrogen-bond acceptors (Lipinski definition) is 5. The second kappa shape index (κ2) is 8.86. The molecule has 128 valence electrons. The first-order chi connectivity index (χ1) is 11.6. The summed E-state index contributed by atoms with van der Waals surface area (Å²) in [7, 11) is 3.09. The second-order valence-electron chi connectivity index (χ2n) is 5.48. The molecule has 0 radical (unpaired) electrons. The van der Waals surface area contributed by atoms with Gasteiger partial charge < -0.3 is 14.1 Å². The number of amides is 1. The Bertz CT molecular complexity index is 667. The van der Waals surface area contributed by atoms with Crippen molar-refractivity contribution in [3.8, 4) is 11.3 Å². The van der Waals surface area contributed by atoms with Crippen molar-refractivity contribution in [2.75, 3.05) is 20.7 Å². The Hall–Kier alpha value is -2.63. The number of oxazole rings is 1. The smallest absolute Gasteiger partial charge is 0.305 e. The Balaban J connectivity index is 1.77. The first-order valence-corrected chi connectivity index (χ1v) is 7.91. The summed E-state index contributed by atoms with van der Waals surface area (Å²) in [5, 5.41) is 0. The summed E-state index contributed by atoms with van der Waals surface area (Å²) in [5.41, 5.74) is 0.961. The van der Waals surface area contributed by atoms with Crippen LogP contribution in [0.2, 0.25) is 0 Å². The van der Waals surface area contributed by atoms with Crippen molar-refractivity contribution in [2.45, 2.75) is 25.7 Å². The highest BCUT2D eigenvalue weighted by molar-refractivity contribution is 5.76. The minimum atomic E-state index is -0.260. The lowest BCUT2D eigenvalue weighted by Gasteiger charge is -2.16. The highest BCUT2D eigenvalue weighted by atomic mass is 16.5. The quantitative estimate of drug-likeness (QED) is 0.696. The van der Waals surface area contributed by atoms with Gasteiger partial charge in [-0.1, -0.05) is 30.3 Å². The second-order valence-corrected chi connectivity index (χ2v) is 5.48. The molecule has 0 saturated carbocycles. The molecule has 2 aromatic rings. The van der Waals surface area contributed by atoms with Crippen LogP contribution < -0.4 is 0 Å². The topological polar surface area (TPSA) is 72.6 Å². The van der Waals surface area contributed by atoms with E-state index in [4.69, 9.17) is 4.42 Å². The van der Waals surface area contributed by atoms with Crippen LogP contribution in [-0.2, 0) is 20.7 Å². The Kier molecular flexibility index (Phi) is 6.54. The van der Waals surface area contributed by atoms with Gasteiger partial charge in [0.1, 0.15) is 0 Å². The third-order valence-electron chi connectivity index (χ3n) is 3.69. The Morgan fingerprint density at radius 2 is 1.96 bits per heavy atom. The number of benzene rings is 1. The number of methoxy groups -OCH3 is 1. The summed E-state index contributed by atoms with van der Waals surface area (Å²) in [6, 6.07) is 9.71. The SMILES string of the molecule is COC(=O)CCCN(C)C(=O)CCc1ncc(-c2ccccc2)o1. The molecule has 1 aromatic carbocycles. The van der Waals surface area contributed by atoms with Gasteiger partial charge in [-0.25, -0.2) is 4.98 Å². The molecule has 1 aromatic heterocycles. The number of aromatic nitrogens is 1. The zero-order chi connectivity index (χ0) is 17.4. The largest absolute Gasteiger partial charge is 0.469 e. The van der Waals surface area contributed by atoms with Gasteiger partial charge in [-0.2, -0.15) is 0 Å². The summed E-state index contributed by atoms with van der Waals surface area (Å²) in [4.78, 5) is 29.0. The summed E-state index contributed by atoms with van der Waals surface area (Å²) in [5.74, 6) is 0.984. The zero-order valence-corrected chi connectivity index (χ0v) is 14.0. The van der Waals surface area contributed by atoms with Gasteiger partial charge in [-0.3, -0.25) is 9.59 Å². The molecule has 0 atom stereocenters. The average molecular weight is 330 g/mol. The highest BCUT2D eigenvalue weighted by Crippen LogP contribution is 2.20. The van der Waals surface area contributed by atoms with Crippen molar-refractivity contribution in [1.29, 1.82) is 0 Å². The van der Waals surface area contributed by atoms with Crippen LogP contribution in [0.25, 0.3) is 11.3 Å². The summed E-state index contributed by atoms with van der Waals surface area (Å²) in [6.07, 6.45) is 3.35. The van der Waals surface area contributed by atoms with E-state index in [-0.39, 0.29) is 11.9 Å². The molecule has 6 nitrogen and oxygen atoms in total. The summed E-state index contributed by atoms with van der Waals surface area (Å²) >= 11 is 0. The minimum absolute atomic E-state index is 0.000623. The van der Waals surface area contributed by atoms with Crippen LogP contribution in [0.4, 0.5) is 0 Å². The lowest BCUT2D eigenvalue weighted by atomic mass is 10.2. The molecule has 0 aliphatic carbocycles. The predicted octanol–water partition coefficient (Wildman–Crippen LogP) is 2.69. The molecule has 0 saturated heterocycles. The van der Waals surface area contributed by atoms with E-state index in [1.54, 1.807) is 18.1 Å². The molecule has 0 bridgehead atoms. The number of carbonyl (C=O) groups excluding carboxylic acids is 2. The molecule has 0 N–H and O–H groups in total. The summed E-state index contributed by atoms with van der Waals surface area (Å²) in [6.45, 7) is 0.523. The number of hydrogen-bond donors (Lipinski definition) is 0. The van der Waals surface area contributed by atoms with E-state index in [1.165, 1.54) is 7.11 Å². The van der Waals surface area contributed by atoms with Gasteiger partial charge in [0.2, 0.25) is 5.91 Å². The number of esters is 1. The highest BCUT2D eigenvalue weighted by Gasteiger charge is 2.12. The standard InChI is InChI=1S/C18H22N2O4/c1-20(12-6-9-18(22)23-2)17(21)11-10-16-19-13-15(24-16)14-7-4-3-5-8-14/h3-5,7-8,13H,6,9-12H2,1-2H3. The number of carbonyl (C=O) groups is 2. The zero-order valence-electron chi connectivity index (χ0n) is 14.0. The number of nitrogens with zero attached hydrogens (tertiary/aromatic N) is 2.